The molecule has 0 unspecified atom stereocenters. The Kier molecular flexibility index (Phi) is 9.59. The Morgan fingerprint density at radius 3 is 2.35 bits per heavy atom. The van der Waals surface area contributed by atoms with E-state index >= 15 is 0 Å². The molecule has 1 N–H and O–H groups in total. The number of carbonyl (C=O) groups is 1. The number of hydrogen-bond acceptors (Lipinski definition) is 10. The van der Waals surface area contributed by atoms with Gasteiger partial charge in [-0.15, -0.1) is 0 Å². The molecular weight excluding hydrogens is 627 g/mol. The summed E-state index contributed by atoms with van der Waals surface area (Å²) in [4.78, 5) is 33.1. The van der Waals surface area contributed by atoms with E-state index in [4.69, 9.17) is 34.7 Å². The van der Waals surface area contributed by atoms with Crippen LogP contribution >= 0.6 is 0 Å². The minimum absolute atomic E-state index is 0.576. The summed E-state index contributed by atoms with van der Waals surface area (Å²) in [5, 5.41) is 13.0. The number of aliphatic carboxylic acids is 1. The van der Waals surface area contributed by atoms with Crippen LogP contribution in [0.3, 0.4) is 0 Å². The molecule has 2 aliphatic rings. The quantitative estimate of drug-likeness (QED) is 0.282. The molecule has 0 atom stereocenters. The molecule has 15 heteroatoms. The van der Waals surface area contributed by atoms with Gasteiger partial charge in [-0.25, -0.2) is 24.3 Å². The smallest absolute Gasteiger partial charge is 0.475 e. The maximum Gasteiger partial charge on any atom is 0.490 e. The highest BCUT2D eigenvalue weighted by atomic mass is 19.4. The van der Waals surface area contributed by atoms with Crippen molar-refractivity contribution in [3.8, 4) is 11.3 Å². The monoisotopic (exact) mass is 663 g/mol. The molecule has 0 aliphatic carbocycles. The van der Waals surface area contributed by atoms with Gasteiger partial charge in [-0.05, 0) is 43.4 Å². The molecule has 2 aliphatic heterocycles. The number of halogens is 3. The van der Waals surface area contributed by atoms with Crippen LogP contribution in [0, 0.1) is 0 Å². The average Bonchev–Trinajstić information content (AvgIpc) is 3.46. The number of imidazole rings is 1. The van der Waals surface area contributed by atoms with E-state index in [9.17, 15) is 13.2 Å². The summed E-state index contributed by atoms with van der Waals surface area (Å²) in [6.45, 7) is 7.72. The van der Waals surface area contributed by atoms with Gasteiger partial charge >= 0.3 is 12.1 Å². The number of benzene rings is 1. The fourth-order valence-corrected chi connectivity index (χ4v) is 5.75. The maximum absolute atomic E-state index is 10.6. The highest BCUT2D eigenvalue weighted by Crippen LogP contribution is 2.31. The third-order valence-corrected chi connectivity index (χ3v) is 8.37. The molecule has 2 fully saturated rings. The molecule has 4 aromatic heterocycles. The molecule has 252 valence electrons. The van der Waals surface area contributed by atoms with Crippen LogP contribution in [0.15, 0.2) is 67.0 Å². The third kappa shape index (κ3) is 7.26. The number of carboxylic acids is 1. The van der Waals surface area contributed by atoms with E-state index in [0.29, 0.717) is 19.8 Å². The Morgan fingerprint density at radius 1 is 0.938 bits per heavy atom. The van der Waals surface area contributed by atoms with Gasteiger partial charge in [0.1, 0.15) is 11.6 Å². The lowest BCUT2D eigenvalue weighted by Gasteiger charge is -2.33. The van der Waals surface area contributed by atoms with Gasteiger partial charge in [0.15, 0.2) is 5.65 Å². The molecule has 1 aromatic carbocycles. The predicted molar refractivity (Wildman–Crippen MR) is 177 cm³/mol. The fraction of sp³-hybridized carbons (Fsp3) is 0.364. The van der Waals surface area contributed by atoms with Crippen molar-refractivity contribution in [1.82, 2.24) is 29.5 Å². The lowest BCUT2D eigenvalue weighted by molar-refractivity contribution is -0.192. The number of hydrogen-bond donors (Lipinski definition) is 1. The van der Waals surface area contributed by atoms with Gasteiger partial charge in [0.25, 0.3) is 0 Å². The number of fused-ring (bicyclic) bond motifs is 2. The summed E-state index contributed by atoms with van der Waals surface area (Å²) in [5.41, 5.74) is 5.79. The molecular formula is C33H36F3N9O3. The Bertz CT molecular complexity index is 1870. The second-order valence-corrected chi connectivity index (χ2v) is 11.7. The fourth-order valence-electron chi connectivity index (χ4n) is 5.75. The second kappa shape index (κ2) is 14.0. The Balaban J connectivity index is 0.000000519. The standard InChI is InChI=1S/C31H35N9O.C2HF3O2/c1-36-13-15-39(16-14-36)28-9-8-24(21-32-28)30-26(22-37(2)29-10-7-23-5-3-4-6-25(23)34-29)35-31-27(11-12-33-40(30)31)38-17-19-41-20-18-38;3-2(4,5)1(6)7/h3-12,21H,13-20,22H2,1-2H3;(H,6,7). The minimum atomic E-state index is -5.08. The number of nitrogens with zero attached hydrogens (tertiary/aromatic N) is 9. The molecule has 48 heavy (non-hydrogen) atoms. The van der Waals surface area contributed by atoms with Crippen molar-refractivity contribution in [3.05, 3.63) is 72.7 Å². The highest BCUT2D eigenvalue weighted by molar-refractivity contribution is 5.80. The van der Waals surface area contributed by atoms with Crippen LogP contribution in [0.25, 0.3) is 27.8 Å². The van der Waals surface area contributed by atoms with Gasteiger partial charge in [0, 0.05) is 63.5 Å². The zero-order valence-electron chi connectivity index (χ0n) is 26.6. The van der Waals surface area contributed by atoms with Crippen LogP contribution in [0.1, 0.15) is 5.69 Å². The first-order chi connectivity index (χ1) is 23.1. The average molecular weight is 664 g/mol. The molecule has 0 radical (unpaired) electrons. The molecule has 6 heterocycles. The van der Waals surface area contributed by atoms with Crippen molar-refractivity contribution in [2.75, 3.05) is 81.3 Å². The van der Waals surface area contributed by atoms with Gasteiger partial charge < -0.3 is 29.4 Å². The van der Waals surface area contributed by atoms with Crippen LogP contribution < -0.4 is 14.7 Å². The van der Waals surface area contributed by atoms with Crippen LogP contribution in [-0.2, 0) is 16.1 Å². The Hall–Kier alpha value is -5.02. The van der Waals surface area contributed by atoms with Crippen molar-refractivity contribution in [2.45, 2.75) is 12.7 Å². The Morgan fingerprint density at radius 2 is 1.67 bits per heavy atom. The molecule has 2 saturated heterocycles. The normalized spacial score (nSPS) is 15.8. The first-order valence-corrected chi connectivity index (χ1v) is 15.5. The first kappa shape index (κ1) is 32.9. The number of morpholine rings is 1. The third-order valence-electron chi connectivity index (χ3n) is 8.37. The molecule has 0 saturated carbocycles. The summed E-state index contributed by atoms with van der Waals surface area (Å²) < 4.78 is 39.3. The van der Waals surface area contributed by atoms with Crippen molar-refractivity contribution in [3.63, 3.8) is 0 Å². The summed E-state index contributed by atoms with van der Waals surface area (Å²) in [6.07, 6.45) is -1.24. The molecule has 0 spiro atoms. The molecule has 0 amide bonds. The minimum Gasteiger partial charge on any atom is -0.475 e. The van der Waals surface area contributed by atoms with E-state index in [-0.39, 0.29) is 0 Å². The van der Waals surface area contributed by atoms with Gasteiger partial charge in [-0.1, -0.05) is 18.2 Å². The van der Waals surface area contributed by atoms with Gasteiger partial charge in [0.05, 0.1) is 48.5 Å². The van der Waals surface area contributed by atoms with E-state index in [1.165, 1.54) is 0 Å². The van der Waals surface area contributed by atoms with Crippen LogP contribution in [0.5, 0.6) is 0 Å². The molecule has 7 rings (SSSR count). The summed E-state index contributed by atoms with van der Waals surface area (Å²) in [6, 6.07) is 18.7. The molecule has 0 bridgehead atoms. The highest BCUT2D eigenvalue weighted by Gasteiger charge is 2.38. The van der Waals surface area contributed by atoms with Crippen molar-refractivity contribution < 1.29 is 27.8 Å². The number of para-hydroxylation sites is 1. The number of piperazine rings is 1. The lowest BCUT2D eigenvalue weighted by atomic mass is 10.1. The van der Waals surface area contributed by atoms with Crippen LogP contribution in [0.2, 0.25) is 0 Å². The number of pyridine rings is 2. The van der Waals surface area contributed by atoms with E-state index in [1.807, 2.05) is 29.0 Å². The van der Waals surface area contributed by atoms with Crippen LogP contribution in [0.4, 0.5) is 30.5 Å². The SMILES string of the molecule is CN1CCN(c2ccc(-c3c(CN(C)c4ccc5ccccc5n4)nc4c(N5CCOCC5)ccnn34)cn2)CC1.O=C(O)C(F)(F)F. The van der Waals surface area contributed by atoms with Crippen molar-refractivity contribution in [1.29, 1.82) is 0 Å². The summed E-state index contributed by atoms with van der Waals surface area (Å²) in [7, 11) is 4.23. The molecule has 5 aromatic rings. The summed E-state index contributed by atoms with van der Waals surface area (Å²) >= 11 is 0. The van der Waals surface area contributed by atoms with E-state index in [0.717, 1.165) is 90.1 Å². The van der Waals surface area contributed by atoms with Gasteiger partial charge in [-0.2, -0.15) is 18.3 Å². The second-order valence-electron chi connectivity index (χ2n) is 11.7. The molecule has 12 nitrogen and oxygen atoms in total. The van der Waals surface area contributed by atoms with Gasteiger partial charge in [-0.3, -0.25) is 0 Å². The first-order valence-electron chi connectivity index (χ1n) is 15.5. The topological polar surface area (TPSA) is 115 Å². The number of ether oxygens (including phenoxy) is 1. The predicted octanol–water partition coefficient (Wildman–Crippen LogP) is 4.20. The maximum atomic E-state index is 10.6. The summed E-state index contributed by atoms with van der Waals surface area (Å²) in [5.74, 6) is -0.847. The number of anilines is 3. The number of carboxylic acid groups (broad SMARTS) is 1. The van der Waals surface area contributed by atoms with Crippen molar-refractivity contribution in [2.24, 2.45) is 0 Å². The van der Waals surface area contributed by atoms with Gasteiger partial charge in [0.2, 0.25) is 0 Å². The number of likely N-dealkylation sites (N-methyl/N-ethyl adjacent to an activating group) is 1. The zero-order valence-corrected chi connectivity index (χ0v) is 26.6. The van der Waals surface area contributed by atoms with Crippen LogP contribution in [-0.4, -0.2) is 113 Å². The largest absolute Gasteiger partial charge is 0.490 e. The lowest BCUT2D eigenvalue weighted by Crippen LogP contribution is -2.44. The van der Waals surface area contributed by atoms with E-state index in [2.05, 4.69) is 76.2 Å². The number of aromatic nitrogens is 5. The number of rotatable bonds is 6. The van der Waals surface area contributed by atoms with Crippen molar-refractivity contribution >= 4 is 39.8 Å². The van der Waals surface area contributed by atoms with E-state index in [1.54, 1.807) is 0 Å². The Labute approximate surface area is 275 Å². The number of alkyl halides is 3. The zero-order chi connectivity index (χ0) is 33.8. The van der Waals surface area contributed by atoms with E-state index < -0.39 is 12.1 Å².